The highest BCUT2D eigenvalue weighted by Gasteiger charge is 2.31. The highest BCUT2D eigenvalue weighted by atomic mass is 35.5. The maximum atomic E-state index is 13.9. The van der Waals surface area contributed by atoms with Crippen molar-refractivity contribution in [3.63, 3.8) is 0 Å². The van der Waals surface area contributed by atoms with Gasteiger partial charge in [0.05, 0.1) is 23.1 Å². The molecule has 0 bridgehead atoms. The van der Waals surface area contributed by atoms with Gasteiger partial charge in [-0.2, -0.15) is 0 Å². The molecule has 0 aliphatic carbocycles. The van der Waals surface area contributed by atoms with Crippen molar-refractivity contribution >= 4 is 46.4 Å². The lowest BCUT2D eigenvalue weighted by Crippen LogP contribution is -2.29. The van der Waals surface area contributed by atoms with E-state index in [9.17, 15) is 4.79 Å². The van der Waals surface area contributed by atoms with E-state index in [-0.39, 0.29) is 29.5 Å². The maximum Gasteiger partial charge on any atom is 0.269 e. The van der Waals surface area contributed by atoms with Gasteiger partial charge in [0.25, 0.3) is 5.91 Å². The zero-order chi connectivity index (χ0) is 26.4. The van der Waals surface area contributed by atoms with Gasteiger partial charge in [-0.15, -0.1) is 0 Å². The predicted octanol–water partition coefficient (Wildman–Crippen LogP) is 4.85. The summed E-state index contributed by atoms with van der Waals surface area (Å²) in [5.41, 5.74) is 8.09. The Morgan fingerprint density at radius 1 is 0.947 bits per heavy atom. The highest BCUT2D eigenvalue weighted by Crippen LogP contribution is 2.46. The van der Waals surface area contributed by atoms with E-state index in [0.717, 1.165) is 0 Å². The molecule has 4 aromatic rings. The number of carbonyl (C=O) groups excluding carboxylic acids is 1. The number of carbonyl (C=O) groups is 1. The van der Waals surface area contributed by atoms with Gasteiger partial charge in [0.1, 0.15) is 43.9 Å². The molecule has 2 N–H and O–H groups in total. The third-order valence-corrected chi connectivity index (χ3v) is 6.33. The smallest absolute Gasteiger partial charge is 0.269 e. The first-order valence-corrected chi connectivity index (χ1v) is 12.2. The Morgan fingerprint density at radius 3 is 2.29 bits per heavy atom. The molecule has 11 nitrogen and oxygen atoms in total. The summed E-state index contributed by atoms with van der Waals surface area (Å²) in [6, 6.07) is 6.50. The number of nitrogens with zero attached hydrogens (tertiary/aromatic N) is 4. The molecule has 1 amide bonds. The van der Waals surface area contributed by atoms with Crippen molar-refractivity contribution in [1.82, 2.24) is 15.1 Å². The zero-order valence-electron chi connectivity index (χ0n) is 19.9. The Labute approximate surface area is 226 Å². The van der Waals surface area contributed by atoms with Gasteiger partial charge >= 0.3 is 0 Å². The van der Waals surface area contributed by atoms with Crippen molar-refractivity contribution < 1.29 is 28.3 Å². The number of halogens is 2. The molecular weight excluding hydrogens is 537 g/mol. The van der Waals surface area contributed by atoms with Crippen LogP contribution in [-0.2, 0) is 0 Å². The second-order valence-corrected chi connectivity index (χ2v) is 9.22. The third-order valence-electron chi connectivity index (χ3n) is 5.89. The number of benzene rings is 2. The fourth-order valence-electron chi connectivity index (χ4n) is 4.23. The van der Waals surface area contributed by atoms with Crippen molar-refractivity contribution in [2.24, 2.45) is 0 Å². The number of hydrogen-bond donors (Lipinski definition) is 1. The van der Waals surface area contributed by atoms with Crippen LogP contribution in [0.25, 0.3) is 11.3 Å². The van der Waals surface area contributed by atoms with E-state index in [1.807, 2.05) is 0 Å². The quantitative estimate of drug-likeness (QED) is 0.372. The van der Waals surface area contributed by atoms with Gasteiger partial charge < -0.3 is 29.2 Å². The Hall–Kier alpha value is -4.22. The number of anilines is 3. The summed E-state index contributed by atoms with van der Waals surface area (Å²) in [5, 5.41) is 4.57. The zero-order valence-corrected chi connectivity index (χ0v) is 21.4. The lowest BCUT2D eigenvalue weighted by Gasteiger charge is -2.28. The molecule has 0 atom stereocenters. The van der Waals surface area contributed by atoms with Crippen LogP contribution in [0.1, 0.15) is 16.1 Å². The fourth-order valence-corrected chi connectivity index (χ4v) is 4.64. The average Bonchev–Trinajstić information content (AvgIpc) is 3.34. The summed E-state index contributed by atoms with van der Waals surface area (Å²) in [7, 11) is 0. The van der Waals surface area contributed by atoms with Crippen LogP contribution in [0.3, 0.4) is 0 Å². The second kappa shape index (κ2) is 9.58. The van der Waals surface area contributed by atoms with E-state index in [1.165, 1.54) is 17.4 Å². The molecule has 2 aromatic heterocycles. The molecule has 13 heteroatoms. The van der Waals surface area contributed by atoms with Gasteiger partial charge in [-0.3, -0.25) is 9.69 Å². The fraction of sp³-hybridized carbons (Fsp3) is 0.200. The Morgan fingerprint density at radius 2 is 1.61 bits per heavy atom. The third kappa shape index (κ3) is 4.19. The topological polar surface area (TPSA) is 135 Å². The highest BCUT2D eigenvalue weighted by molar-refractivity contribution is 6.31. The van der Waals surface area contributed by atoms with Gasteiger partial charge in [0.15, 0.2) is 34.6 Å². The van der Waals surface area contributed by atoms with Crippen molar-refractivity contribution in [1.29, 1.82) is 0 Å². The van der Waals surface area contributed by atoms with Crippen LogP contribution in [0.15, 0.2) is 41.2 Å². The van der Waals surface area contributed by atoms with Gasteiger partial charge in [0.2, 0.25) is 0 Å². The predicted molar refractivity (Wildman–Crippen MR) is 138 cm³/mol. The van der Waals surface area contributed by atoms with Crippen LogP contribution in [0.2, 0.25) is 10.0 Å². The minimum Gasteiger partial charge on any atom is -0.486 e. The summed E-state index contributed by atoms with van der Waals surface area (Å²) in [4.78, 5) is 24.2. The van der Waals surface area contributed by atoms with Crippen LogP contribution < -0.4 is 29.6 Å². The number of nitrogen functional groups attached to an aromatic ring is 1. The van der Waals surface area contributed by atoms with Crippen molar-refractivity contribution in [3.8, 4) is 34.3 Å². The molecule has 2 aliphatic heterocycles. The molecule has 2 aromatic carbocycles. The van der Waals surface area contributed by atoms with E-state index in [1.54, 1.807) is 31.2 Å². The SMILES string of the molecule is Cc1nocc1C(=O)N(c1cnc(-c2cc(Cl)cc3c2OCCO3)c(N)n1)c1cc(Cl)cc2c1OCCO2. The van der Waals surface area contributed by atoms with Gasteiger partial charge in [-0.1, -0.05) is 28.4 Å². The largest absolute Gasteiger partial charge is 0.486 e. The molecule has 0 fully saturated rings. The van der Waals surface area contributed by atoms with Crippen LogP contribution in [0, 0.1) is 6.92 Å². The minimum absolute atomic E-state index is 0.0223. The second-order valence-electron chi connectivity index (χ2n) is 8.34. The summed E-state index contributed by atoms with van der Waals surface area (Å²) >= 11 is 12.7. The number of nitrogens with two attached hydrogens (primary N) is 1. The standard InChI is InChI=1S/C25H19Cl2N5O6/c1-12-16(11-38-31-12)25(33)32(17-7-14(27)9-19-23(17)37-5-3-35-19)20-10-29-21(24(28)30-20)15-6-13(26)8-18-22(15)36-4-2-34-18/h6-11H,2-5H2,1H3,(H2,28,30). The van der Waals surface area contributed by atoms with Crippen molar-refractivity contribution in [3.05, 3.63) is 58.0 Å². The number of hydrogen-bond acceptors (Lipinski definition) is 10. The summed E-state index contributed by atoms with van der Waals surface area (Å²) in [6.45, 7) is 3.01. The van der Waals surface area contributed by atoms with E-state index in [4.69, 9.17) is 52.4 Å². The number of amides is 1. The summed E-state index contributed by atoms with van der Waals surface area (Å²) in [5.74, 6) is 1.25. The molecule has 2 aliphatic rings. The number of fused-ring (bicyclic) bond motifs is 2. The average molecular weight is 556 g/mol. The molecule has 0 radical (unpaired) electrons. The Balaban J connectivity index is 1.51. The number of ether oxygens (including phenoxy) is 4. The minimum atomic E-state index is -0.513. The number of rotatable bonds is 4. The Kier molecular flexibility index (Phi) is 6.09. The molecule has 0 saturated heterocycles. The monoisotopic (exact) mass is 555 g/mol. The van der Waals surface area contributed by atoms with Gasteiger partial charge in [-0.25, -0.2) is 9.97 Å². The molecule has 0 unspecified atom stereocenters. The number of aryl methyl sites for hydroxylation is 1. The first-order chi connectivity index (χ1) is 18.4. The van der Waals surface area contributed by atoms with Crippen molar-refractivity contribution in [2.45, 2.75) is 6.92 Å². The lowest BCUT2D eigenvalue weighted by atomic mass is 10.1. The normalized spacial score (nSPS) is 13.8. The van der Waals surface area contributed by atoms with Gasteiger partial charge in [0, 0.05) is 22.2 Å². The maximum absolute atomic E-state index is 13.9. The first kappa shape index (κ1) is 24.1. The molecule has 0 spiro atoms. The molecule has 194 valence electrons. The van der Waals surface area contributed by atoms with Crippen LogP contribution in [0.5, 0.6) is 23.0 Å². The molecule has 38 heavy (non-hydrogen) atoms. The van der Waals surface area contributed by atoms with Crippen molar-refractivity contribution in [2.75, 3.05) is 37.1 Å². The van der Waals surface area contributed by atoms with E-state index in [2.05, 4.69) is 15.1 Å². The summed E-state index contributed by atoms with van der Waals surface area (Å²) < 4.78 is 28.1. The molecule has 6 rings (SSSR count). The molecular formula is C25H19Cl2N5O6. The lowest BCUT2D eigenvalue weighted by molar-refractivity contribution is 0.0995. The number of aromatic nitrogens is 3. The summed E-state index contributed by atoms with van der Waals surface area (Å²) in [6.07, 6.45) is 2.65. The van der Waals surface area contributed by atoms with Crippen LogP contribution in [-0.4, -0.2) is 47.5 Å². The molecule has 0 saturated carbocycles. The van der Waals surface area contributed by atoms with E-state index < -0.39 is 5.91 Å². The Bertz CT molecular complexity index is 1580. The van der Waals surface area contributed by atoms with E-state index >= 15 is 0 Å². The first-order valence-electron chi connectivity index (χ1n) is 11.5. The van der Waals surface area contributed by atoms with Crippen LogP contribution >= 0.6 is 23.2 Å². The van der Waals surface area contributed by atoms with E-state index in [0.29, 0.717) is 69.8 Å². The molecule has 4 heterocycles. The van der Waals surface area contributed by atoms with Crippen LogP contribution in [0.4, 0.5) is 17.3 Å². The van der Waals surface area contributed by atoms with Gasteiger partial charge in [-0.05, 0) is 19.1 Å².